The monoisotopic (exact) mass is 379 g/mol. The molecule has 0 unspecified atom stereocenters. The van der Waals surface area contributed by atoms with Gasteiger partial charge in [-0.2, -0.15) is 0 Å². The van der Waals surface area contributed by atoms with Crippen molar-refractivity contribution in [1.82, 2.24) is 19.9 Å². The van der Waals surface area contributed by atoms with E-state index in [4.69, 9.17) is 5.11 Å². The van der Waals surface area contributed by atoms with Crippen LogP contribution >= 0.6 is 0 Å². The quantitative estimate of drug-likeness (QED) is 0.448. The lowest BCUT2D eigenvalue weighted by molar-refractivity contribution is -0.137. The molecule has 2 heterocycles. The molecule has 2 amide bonds. The number of aromatic nitrogens is 3. The molecular formula is C19H17N5O4. The number of aromatic hydroxyl groups is 1. The van der Waals surface area contributed by atoms with Crippen LogP contribution in [0.3, 0.4) is 0 Å². The van der Waals surface area contributed by atoms with E-state index < -0.39 is 11.8 Å². The van der Waals surface area contributed by atoms with E-state index in [9.17, 15) is 14.7 Å². The molecule has 142 valence electrons. The molecule has 0 fully saturated rings. The number of β-amino-alcohol motifs (C(OH)–C–C–N with tert-alkyl or cyclic N) is 1. The second kappa shape index (κ2) is 6.78. The number of nitrogens with zero attached hydrogens (tertiary/aromatic N) is 4. The van der Waals surface area contributed by atoms with Crippen molar-refractivity contribution >= 4 is 28.5 Å². The molecule has 0 saturated heterocycles. The van der Waals surface area contributed by atoms with Gasteiger partial charge in [0.05, 0.1) is 18.8 Å². The molecule has 0 spiro atoms. The lowest BCUT2D eigenvalue weighted by Gasteiger charge is -2.15. The topological polar surface area (TPSA) is 121 Å². The zero-order valence-corrected chi connectivity index (χ0v) is 15.0. The largest absolute Gasteiger partial charge is 0.504 e. The lowest BCUT2D eigenvalue weighted by Crippen LogP contribution is -2.34. The maximum absolute atomic E-state index is 12.3. The highest BCUT2D eigenvalue weighted by molar-refractivity contribution is 6.17. The van der Waals surface area contributed by atoms with Crippen molar-refractivity contribution in [2.24, 2.45) is 0 Å². The lowest BCUT2D eigenvalue weighted by atomic mass is 10.1. The number of anilines is 1. The number of carbonyl (C=O) groups is 2. The van der Waals surface area contributed by atoms with Crippen LogP contribution in [0.2, 0.25) is 0 Å². The van der Waals surface area contributed by atoms with Gasteiger partial charge in [-0.25, -0.2) is 0 Å². The molecule has 3 aromatic rings. The number of aliphatic hydroxyl groups is 1. The highest BCUT2D eigenvalue weighted by atomic mass is 16.3. The number of phenols is 1. The molecule has 0 radical (unpaired) electrons. The first kappa shape index (κ1) is 17.7. The van der Waals surface area contributed by atoms with E-state index in [-0.39, 0.29) is 30.3 Å². The molecule has 2 aromatic carbocycles. The van der Waals surface area contributed by atoms with Crippen LogP contribution < -0.4 is 5.32 Å². The number of rotatable bonds is 5. The number of hydrogen-bond donors (Lipinski definition) is 3. The maximum atomic E-state index is 12.3. The zero-order chi connectivity index (χ0) is 19.8. The van der Waals surface area contributed by atoms with E-state index in [1.54, 1.807) is 12.1 Å². The highest BCUT2D eigenvalue weighted by Gasteiger charge is 2.31. The fourth-order valence-electron chi connectivity index (χ4n) is 3.03. The van der Waals surface area contributed by atoms with E-state index in [2.05, 4.69) is 15.5 Å². The van der Waals surface area contributed by atoms with Crippen molar-refractivity contribution in [2.45, 2.75) is 6.92 Å². The fraction of sp³-hybridized carbons (Fsp3) is 0.158. The summed E-state index contributed by atoms with van der Waals surface area (Å²) in [6, 6.07) is 10.7. The molecule has 9 nitrogen and oxygen atoms in total. The van der Waals surface area contributed by atoms with Gasteiger partial charge >= 0.3 is 0 Å². The van der Waals surface area contributed by atoms with Crippen molar-refractivity contribution < 1.29 is 19.8 Å². The Bertz CT molecular complexity index is 1100. The number of fused-ring (bicyclic) bond motifs is 1. The summed E-state index contributed by atoms with van der Waals surface area (Å²) in [5.41, 5.74) is 2.75. The molecule has 1 aromatic heterocycles. The Hall–Kier alpha value is -3.72. The van der Waals surface area contributed by atoms with Crippen LogP contribution in [0.1, 0.15) is 5.56 Å². The van der Waals surface area contributed by atoms with Crippen LogP contribution in [0.25, 0.3) is 16.7 Å². The van der Waals surface area contributed by atoms with Gasteiger partial charge in [0.25, 0.3) is 11.8 Å². The molecular weight excluding hydrogens is 362 g/mol. The predicted octanol–water partition coefficient (Wildman–Crippen LogP) is 1.09. The molecule has 0 saturated carbocycles. The molecule has 0 atom stereocenters. The van der Waals surface area contributed by atoms with Crippen LogP contribution in [-0.4, -0.2) is 55.1 Å². The summed E-state index contributed by atoms with van der Waals surface area (Å²) < 4.78 is 0. The molecule has 4 rings (SSSR count). The summed E-state index contributed by atoms with van der Waals surface area (Å²) in [5.74, 6) is -1.24. The van der Waals surface area contributed by atoms with E-state index >= 15 is 0 Å². The summed E-state index contributed by atoms with van der Waals surface area (Å²) in [4.78, 5) is 26.5. The minimum absolute atomic E-state index is 0.0175. The van der Waals surface area contributed by atoms with Crippen molar-refractivity contribution in [3.63, 3.8) is 0 Å². The van der Waals surface area contributed by atoms with Crippen LogP contribution in [0.4, 0.5) is 5.69 Å². The third-order valence-corrected chi connectivity index (χ3v) is 4.34. The second-order valence-electron chi connectivity index (χ2n) is 6.36. The van der Waals surface area contributed by atoms with Crippen LogP contribution in [0, 0.1) is 6.92 Å². The number of imide groups is 1. The minimum Gasteiger partial charge on any atom is -0.504 e. The molecule has 0 aliphatic carbocycles. The second-order valence-corrected chi connectivity index (χ2v) is 6.36. The third-order valence-electron chi connectivity index (χ3n) is 4.34. The van der Waals surface area contributed by atoms with Gasteiger partial charge in [0, 0.05) is 6.08 Å². The smallest absolute Gasteiger partial charge is 0.277 e. The molecule has 3 N–H and O–H groups in total. The van der Waals surface area contributed by atoms with E-state index in [0.717, 1.165) is 16.5 Å². The van der Waals surface area contributed by atoms with Gasteiger partial charge in [-0.1, -0.05) is 12.1 Å². The van der Waals surface area contributed by atoms with Crippen LogP contribution in [0.15, 0.2) is 48.2 Å². The van der Waals surface area contributed by atoms with Crippen molar-refractivity contribution in [2.75, 3.05) is 18.5 Å². The number of amides is 2. The average molecular weight is 379 g/mol. The number of carbonyl (C=O) groups excluding carboxylic acids is 2. The number of hydrogen-bond acceptors (Lipinski definition) is 7. The van der Waals surface area contributed by atoms with Gasteiger partial charge in [0.15, 0.2) is 5.75 Å². The summed E-state index contributed by atoms with van der Waals surface area (Å²) in [6.07, 6.45) is 1.14. The Morgan fingerprint density at radius 2 is 1.79 bits per heavy atom. The van der Waals surface area contributed by atoms with E-state index in [1.165, 1.54) is 4.80 Å². The molecule has 1 aliphatic heterocycles. The Kier molecular flexibility index (Phi) is 4.28. The van der Waals surface area contributed by atoms with E-state index in [1.807, 2.05) is 31.2 Å². The highest BCUT2D eigenvalue weighted by Crippen LogP contribution is 2.33. The normalized spacial score (nSPS) is 14.1. The fourth-order valence-corrected chi connectivity index (χ4v) is 3.03. The van der Waals surface area contributed by atoms with Gasteiger partial charge < -0.3 is 15.5 Å². The van der Waals surface area contributed by atoms with Gasteiger partial charge in [-0.3, -0.25) is 14.5 Å². The molecule has 1 aliphatic rings. The minimum atomic E-state index is -0.565. The Morgan fingerprint density at radius 3 is 2.43 bits per heavy atom. The number of phenolic OH excluding ortho intramolecular Hbond substituents is 1. The Labute approximate surface area is 159 Å². The number of nitrogens with one attached hydrogen (secondary N) is 1. The maximum Gasteiger partial charge on any atom is 0.277 e. The van der Waals surface area contributed by atoms with Gasteiger partial charge in [0.1, 0.15) is 22.4 Å². The summed E-state index contributed by atoms with van der Waals surface area (Å²) >= 11 is 0. The first-order valence-electron chi connectivity index (χ1n) is 8.59. The number of benzene rings is 2. The Morgan fingerprint density at radius 1 is 1.11 bits per heavy atom. The third kappa shape index (κ3) is 2.97. The van der Waals surface area contributed by atoms with Crippen molar-refractivity contribution in [1.29, 1.82) is 0 Å². The van der Waals surface area contributed by atoms with Crippen LogP contribution in [0.5, 0.6) is 5.75 Å². The van der Waals surface area contributed by atoms with Crippen molar-refractivity contribution in [3.8, 4) is 11.4 Å². The first-order chi connectivity index (χ1) is 13.5. The first-order valence-corrected chi connectivity index (χ1v) is 8.59. The SMILES string of the molecule is Cc1cc(NC2=CC(=O)N(CCO)C2=O)c(O)c(-n2nc3ccccc3n2)c1. The predicted molar refractivity (Wildman–Crippen MR) is 101 cm³/mol. The Balaban J connectivity index is 1.71. The average Bonchev–Trinajstić information content (AvgIpc) is 3.21. The van der Waals surface area contributed by atoms with E-state index in [0.29, 0.717) is 16.7 Å². The number of aliphatic hydroxyl groups excluding tert-OH is 1. The van der Waals surface area contributed by atoms with Crippen molar-refractivity contribution in [3.05, 3.63) is 53.7 Å². The summed E-state index contributed by atoms with van der Waals surface area (Å²) in [6.45, 7) is 1.41. The summed E-state index contributed by atoms with van der Waals surface area (Å²) in [7, 11) is 0. The number of aryl methyl sites for hydroxylation is 1. The molecule has 28 heavy (non-hydrogen) atoms. The standard InChI is InChI=1S/C19H17N5O4/c1-11-8-14(20-15-10-17(26)23(6-7-25)19(15)28)18(27)16(9-11)24-21-12-4-2-3-5-13(12)22-24/h2-5,8-10,20,25,27H,6-7H2,1H3. The molecule has 9 heteroatoms. The zero-order valence-electron chi connectivity index (χ0n) is 15.0. The summed E-state index contributed by atoms with van der Waals surface area (Å²) in [5, 5.41) is 31.3. The van der Waals surface area contributed by atoms with Gasteiger partial charge in [0.2, 0.25) is 0 Å². The molecule has 0 bridgehead atoms. The van der Waals surface area contributed by atoms with Gasteiger partial charge in [-0.05, 0) is 36.8 Å². The van der Waals surface area contributed by atoms with Gasteiger partial charge in [-0.15, -0.1) is 15.0 Å². The van der Waals surface area contributed by atoms with Crippen LogP contribution in [-0.2, 0) is 9.59 Å².